The summed E-state index contributed by atoms with van der Waals surface area (Å²) in [7, 11) is 0. The second-order valence-corrected chi connectivity index (χ2v) is 7.15. The van der Waals surface area contributed by atoms with Crippen molar-refractivity contribution in [1.82, 2.24) is 9.80 Å². The van der Waals surface area contributed by atoms with Gasteiger partial charge in [-0.25, -0.2) is 0 Å². The van der Waals surface area contributed by atoms with Crippen LogP contribution < -0.4 is 5.73 Å². The maximum absolute atomic E-state index is 12.4. The fourth-order valence-electron chi connectivity index (χ4n) is 3.29. The van der Waals surface area contributed by atoms with Crippen LogP contribution in [0.25, 0.3) is 0 Å². The molecule has 0 aliphatic carbocycles. The molecule has 5 nitrogen and oxygen atoms in total. The molecule has 2 N–H and O–H groups in total. The molecular weight excluding hydrogens is 290 g/mol. The number of rotatable bonds is 2. The van der Waals surface area contributed by atoms with E-state index in [1.165, 1.54) is 0 Å². The van der Waals surface area contributed by atoms with Crippen LogP contribution in [0.15, 0.2) is 0 Å². The largest absolute Gasteiger partial charge is 0.372 e. The summed E-state index contributed by atoms with van der Waals surface area (Å²) in [5.74, 6) is 0.221. The van der Waals surface area contributed by atoms with Gasteiger partial charge in [0.05, 0.1) is 18.8 Å². The van der Waals surface area contributed by atoms with Crippen molar-refractivity contribution in [1.29, 1.82) is 0 Å². The Bertz CT molecular complexity index is 355. The molecule has 0 saturated carbocycles. The van der Waals surface area contributed by atoms with Gasteiger partial charge in [0.1, 0.15) is 0 Å². The molecule has 124 valence electrons. The van der Waals surface area contributed by atoms with E-state index in [1.54, 1.807) is 0 Å². The zero-order valence-electron chi connectivity index (χ0n) is 13.7. The van der Waals surface area contributed by atoms with Crippen molar-refractivity contribution in [3.05, 3.63) is 0 Å². The molecule has 2 aliphatic heterocycles. The van der Waals surface area contributed by atoms with E-state index in [0.717, 1.165) is 19.5 Å². The first-order valence-electron chi connectivity index (χ1n) is 7.69. The zero-order valence-corrected chi connectivity index (χ0v) is 14.5. The van der Waals surface area contributed by atoms with Crippen molar-refractivity contribution < 1.29 is 9.53 Å². The van der Waals surface area contributed by atoms with Crippen LogP contribution in [-0.4, -0.2) is 66.7 Å². The molecule has 3 atom stereocenters. The topological polar surface area (TPSA) is 58.8 Å². The van der Waals surface area contributed by atoms with E-state index in [4.69, 9.17) is 10.5 Å². The van der Waals surface area contributed by atoms with E-state index in [2.05, 4.69) is 18.7 Å². The number of nitrogens with two attached hydrogens (primary N) is 1. The lowest BCUT2D eigenvalue weighted by Crippen LogP contribution is -2.56. The molecule has 0 aromatic rings. The molecule has 2 fully saturated rings. The smallest absolute Gasteiger partial charge is 0.236 e. The number of amides is 1. The Morgan fingerprint density at radius 3 is 2.38 bits per heavy atom. The van der Waals surface area contributed by atoms with E-state index >= 15 is 0 Å². The third-order valence-corrected chi connectivity index (χ3v) is 4.52. The Balaban J connectivity index is 0.00000220. The molecule has 0 spiro atoms. The predicted octanol–water partition coefficient (Wildman–Crippen LogP) is 1.10. The Labute approximate surface area is 134 Å². The van der Waals surface area contributed by atoms with Crippen LogP contribution in [0.5, 0.6) is 0 Å². The zero-order chi connectivity index (χ0) is 14.9. The number of morpholine rings is 1. The van der Waals surface area contributed by atoms with Gasteiger partial charge in [-0.15, -0.1) is 12.4 Å². The van der Waals surface area contributed by atoms with Gasteiger partial charge in [-0.05, 0) is 25.7 Å². The summed E-state index contributed by atoms with van der Waals surface area (Å²) >= 11 is 0. The Morgan fingerprint density at radius 2 is 1.86 bits per heavy atom. The van der Waals surface area contributed by atoms with Gasteiger partial charge in [0.2, 0.25) is 5.91 Å². The van der Waals surface area contributed by atoms with Crippen molar-refractivity contribution >= 4 is 18.3 Å². The van der Waals surface area contributed by atoms with Crippen LogP contribution >= 0.6 is 12.4 Å². The number of carbonyl (C=O) groups excluding carboxylic acids is 1. The van der Waals surface area contributed by atoms with E-state index in [-0.39, 0.29) is 42.0 Å². The van der Waals surface area contributed by atoms with E-state index in [0.29, 0.717) is 19.6 Å². The van der Waals surface area contributed by atoms with Gasteiger partial charge in [-0.2, -0.15) is 0 Å². The summed E-state index contributed by atoms with van der Waals surface area (Å²) in [6, 6.07) is 0.234. The van der Waals surface area contributed by atoms with Gasteiger partial charge in [0.15, 0.2) is 0 Å². The highest BCUT2D eigenvalue weighted by molar-refractivity contribution is 5.85. The lowest BCUT2D eigenvalue weighted by Gasteiger charge is -2.43. The van der Waals surface area contributed by atoms with Crippen LogP contribution in [0.1, 0.15) is 34.1 Å². The second kappa shape index (κ2) is 7.27. The Kier molecular flexibility index (Phi) is 6.47. The number of nitrogens with zero attached hydrogens (tertiary/aromatic N) is 2. The highest BCUT2D eigenvalue weighted by Crippen LogP contribution is 2.27. The van der Waals surface area contributed by atoms with Crippen LogP contribution in [0, 0.1) is 5.41 Å². The highest BCUT2D eigenvalue weighted by Gasteiger charge is 2.35. The SMILES string of the molecule is CC1CN(C(=O)CN2CCC(N)C(C)(C)C2)CC(C)O1.Cl. The quantitative estimate of drug-likeness (QED) is 0.828. The summed E-state index contributed by atoms with van der Waals surface area (Å²) in [5, 5.41) is 0. The minimum atomic E-state index is 0. The minimum absolute atomic E-state index is 0. The monoisotopic (exact) mass is 319 g/mol. The highest BCUT2D eigenvalue weighted by atomic mass is 35.5. The number of carbonyl (C=O) groups is 1. The predicted molar refractivity (Wildman–Crippen MR) is 86.7 cm³/mol. The lowest BCUT2D eigenvalue weighted by atomic mass is 9.80. The molecule has 6 heteroatoms. The van der Waals surface area contributed by atoms with Gasteiger partial charge in [-0.3, -0.25) is 9.69 Å². The third-order valence-electron chi connectivity index (χ3n) is 4.52. The summed E-state index contributed by atoms with van der Waals surface area (Å²) in [5.41, 5.74) is 6.23. The maximum atomic E-state index is 12.4. The van der Waals surface area contributed by atoms with Crippen molar-refractivity contribution in [3.63, 3.8) is 0 Å². The number of hydrogen-bond donors (Lipinski definition) is 1. The molecule has 2 heterocycles. The van der Waals surface area contributed by atoms with Crippen molar-refractivity contribution in [2.45, 2.75) is 52.4 Å². The van der Waals surface area contributed by atoms with Gasteiger partial charge in [0.25, 0.3) is 0 Å². The first-order valence-corrected chi connectivity index (χ1v) is 7.69. The van der Waals surface area contributed by atoms with Crippen molar-refractivity contribution in [2.24, 2.45) is 11.1 Å². The molecule has 2 aliphatic rings. The average molecular weight is 320 g/mol. The summed E-state index contributed by atoms with van der Waals surface area (Å²) in [4.78, 5) is 16.6. The minimum Gasteiger partial charge on any atom is -0.372 e. The number of ether oxygens (including phenoxy) is 1. The van der Waals surface area contributed by atoms with Crippen molar-refractivity contribution in [3.8, 4) is 0 Å². The molecule has 3 unspecified atom stereocenters. The molecule has 0 aromatic carbocycles. The number of halogens is 1. The van der Waals surface area contributed by atoms with Gasteiger partial charge in [-0.1, -0.05) is 13.8 Å². The van der Waals surface area contributed by atoms with Crippen LogP contribution in [0.2, 0.25) is 0 Å². The first-order chi connectivity index (χ1) is 9.28. The number of piperidine rings is 1. The Hall–Kier alpha value is -0.360. The molecular formula is C15H30ClN3O2. The van der Waals surface area contributed by atoms with Crippen LogP contribution in [0.4, 0.5) is 0 Å². The van der Waals surface area contributed by atoms with E-state index in [1.807, 2.05) is 18.7 Å². The van der Waals surface area contributed by atoms with E-state index in [9.17, 15) is 4.79 Å². The van der Waals surface area contributed by atoms with Crippen molar-refractivity contribution in [2.75, 3.05) is 32.7 Å². The van der Waals surface area contributed by atoms with Crippen LogP contribution in [0.3, 0.4) is 0 Å². The molecule has 21 heavy (non-hydrogen) atoms. The summed E-state index contributed by atoms with van der Waals surface area (Å²) in [6.45, 7) is 12.2. The fourth-order valence-corrected chi connectivity index (χ4v) is 3.29. The molecule has 0 radical (unpaired) electrons. The molecule has 2 saturated heterocycles. The second-order valence-electron chi connectivity index (χ2n) is 7.15. The lowest BCUT2D eigenvalue weighted by molar-refractivity contribution is -0.145. The van der Waals surface area contributed by atoms with Gasteiger partial charge < -0.3 is 15.4 Å². The summed E-state index contributed by atoms with van der Waals surface area (Å²) in [6.07, 6.45) is 1.23. The summed E-state index contributed by atoms with van der Waals surface area (Å²) < 4.78 is 5.68. The molecule has 0 bridgehead atoms. The third kappa shape index (κ3) is 4.81. The first kappa shape index (κ1) is 18.7. The van der Waals surface area contributed by atoms with Gasteiger partial charge in [0, 0.05) is 32.2 Å². The van der Waals surface area contributed by atoms with Crippen LogP contribution in [-0.2, 0) is 9.53 Å². The fraction of sp³-hybridized carbons (Fsp3) is 0.933. The Morgan fingerprint density at radius 1 is 1.29 bits per heavy atom. The molecule has 2 rings (SSSR count). The van der Waals surface area contributed by atoms with Gasteiger partial charge >= 0.3 is 0 Å². The molecule has 1 amide bonds. The average Bonchev–Trinajstić information content (AvgIpc) is 2.32. The standard InChI is InChI=1S/C15H29N3O2.ClH/c1-11-7-18(8-12(2)20-11)14(19)9-17-6-5-13(16)15(3,4)10-17;/h11-13H,5-10,16H2,1-4H3;1H. The normalized spacial score (nSPS) is 33.4. The number of likely N-dealkylation sites (tertiary alicyclic amines) is 1. The number of hydrogen-bond acceptors (Lipinski definition) is 4. The maximum Gasteiger partial charge on any atom is 0.236 e. The van der Waals surface area contributed by atoms with E-state index < -0.39 is 0 Å². The molecule has 0 aromatic heterocycles.